The summed E-state index contributed by atoms with van der Waals surface area (Å²) in [5.74, 6) is 0.523. The first-order valence-electron chi connectivity index (χ1n) is 7.97. The van der Waals surface area contributed by atoms with E-state index in [0.29, 0.717) is 23.8 Å². The molecule has 0 amide bonds. The summed E-state index contributed by atoms with van der Waals surface area (Å²) >= 11 is 0. The topological polar surface area (TPSA) is 62.5 Å². The van der Waals surface area contributed by atoms with Crippen molar-refractivity contribution >= 4 is 5.97 Å². The van der Waals surface area contributed by atoms with E-state index in [1.165, 1.54) is 38.2 Å². The number of nitrogens with one attached hydrogen (secondary N) is 1. The molecule has 1 fully saturated rings. The first kappa shape index (κ1) is 16.1. The van der Waals surface area contributed by atoms with Crippen molar-refractivity contribution in [3.8, 4) is 0 Å². The van der Waals surface area contributed by atoms with Crippen LogP contribution in [0.25, 0.3) is 0 Å². The van der Waals surface area contributed by atoms with Crippen molar-refractivity contribution in [3.05, 3.63) is 23.7 Å². The number of carboxylic acids is 1. The van der Waals surface area contributed by atoms with Crippen LogP contribution in [0.5, 0.6) is 0 Å². The van der Waals surface area contributed by atoms with E-state index in [9.17, 15) is 4.79 Å². The van der Waals surface area contributed by atoms with E-state index in [1.54, 1.807) is 6.07 Å². The van der Waals surface area contributed by atoms with Crippen molar-refractivity contribution in [2.75, 3.05) is 0 Å². The van der Waals surface area contributed by atoms with E-state index in [4.69, 9.17) is 9.52 Å². The molecule has 1 aliphatic rings. The summed E-state index contributed by atoms with van der Waals surface area (Å²) in [6, 6.07) is 3.77. The predicted molar refractivity (Wildman–Crippen MR) is 82.3 cm³/mol. The van der Waals surface area contributed by atoms with Gasteiger partial charge in [0.05, 0.1) is 6.54 Å². The van der Waals surface area contributed by atoms with Crippen molar-refractivity contribution in [2.24, 2.45) is 11.3 Å². The van der Waals surface area contributed by atoms with Crippen LogP contribution in [0, 0.1) is 11.3 Å². The smallest absolute Gasteiger partial charge is 0.371 e. The van der Waals surface area contributed by atoms with Crippen molar-refractivity contribution < 1.29 is 14.3 Å². The molecule has 0 saturated heterocycles. The molecule has 118 valence electrons. The molecule has 1 saturated carbocycles. The van der Waals surface area contributed by atoms with Gasteiger partial charge in [-0.25, -0.2) is 4.79 Å². The lowest BCUT2D eigenvalue weighted by Crippen LogP contribution is -2.36. The minimum atomic E-state index is -1.01. The maximum absolute atomic E-state index is 10.8. The van der Waals surface area contributed by atoms with Crippen LogP contribution < -0.4 is 5.32 Å². The van der Waals surface area contributed by atoms with Crippen LogP contribution in [0.2, 0.25) is 0 Å². The zero-order chi connectivity index (χ0) is 15.5. The molecule has 0 unspecified atom stereocenters. The summed E-state index contributed by atoms with van der Waals surface area (Å²) < 4.78 is 5.27. The Morgan fingerprint density at radius 2 is 2.00 bits per heavy atom. The Labute approximate surface area is 126 Å². The van der Waals surface area contributed by atoms with Crippen molar-refractivity contribution in [2.45, 2.75) is 65.5 Å². The highest BCUT2D eigenvalue weighted by Gasteiger charge is 2.31. The highest BCUT2D eigenvalue weighted by molar-refractivity contribution is 5.84. The summed E-state index contributed by atoms with van der Waals surface area (Å²) in [7, 11) is 0. The highest BCUT2D eigenvalue weighted by Crippen LogP contribution is 2.40. The molecule has 2 N–H and O–H groups in total. The average Bonchev–Trinajstić information content (AvgIpc) is 2.95. The Morgan fingerprint density at radius 1 is 1.33 bits per heavy atom. The molecular formula is C17H27NO3. The van der Waals surface area contributed by atoms with Crippen LogP contribution in [-0.4, -0.2) is 17.1 Å². The lowest BCUT2D eigenvalue weighted by atomic mass is 9.69. The van der Waals surface area contributed by atoms with E-state index in [2.05, 4.69) is 26.1 Å². The molecule has 0 bridgehead atoms. The van der Waals surface area contributed by atoms with Crippen molar-refractivity contribution in [1.29, 1.82) is 0 Å². The molecule has 1 aromatic rings. The van der Waals surface area contributed by atoms with Crippen LogP contribution in [-0.2, 0) is 6.54 Å². The Hall–Kier alpha value is -1.29. The number of carbonyl (C=O) groups is 1. The van der Waals surface area contributed by atoms with Crippen LogP contribution in [0.4, 0.5) is 0 Å². The summed E-state index contributed by atoms with van der Waals surface area (Å²) in [6.45, 7) is 7.64. The highest BCUT2D eigenvalue weighted by atomic mass is 16.4. The minimum Gasteiger partial charge on any atom is -0.475 e. The van der Waals surface area contributed by atoms with Gasteiger partial charge >= 0.3 is 5.97 Å². The monoisotopic (exact) mass is 293 g/mol. The average molecular weight is 293 g/mol. The summed E-state index contributed by atoms with van der Waals surface area (Å²) in [5.41, 5.74) is 0.447. The van der Waals surface area contributed by atoms with Gasteiger partial charge in [0, 0.05) is 6.04 Å². The van der Waals surface area contributed by atoms with Gasteiger partial charge in [-0.1, -0.05) is 27.2 Å². The molecule has 0 aromatic carbocycles. The third kappa shape index (κ3) is 4.10. The molecule has 4 heteroatoms. The van der Waals surface area contributed by atoms with Gasteiger partial charge in [0.25, 0.3) is 0 Å². The van der Waals surface area contributed by atoms with Crippen LogP contribution in [0.1, 0.15) is 69.2 Å². The quantitative estimate of drug-likeness (QED) is 0.830. The second-order valence-corrected chi connectivity index (χ2v) is 6.84. The fourth-order valence-electron chi connectivity index (χ4n) is 3.20. The number of aromatic carboxylic acids is 1. The first-order chi connectivity index (χ1) is 9.92. The van der Waals surface area contributed by atoms with E-state index in [-0.39, 0.29) is 5.76 Å². The lowest BCUT2D eigenvalue weighted by Gasteiger charge is -2.39. The normalized spacial score (nSPS) is 23.2. The van der Waals surface area contributed by atoms with Gasteiger partial charge in [-0.3, -0.25) is 0 Å². The van der Waals surface area contributed by atoms with Gasteiger partial charge in [0.15, 0.2) is 0 Å². The van der Waals surface area contributed by atoms with Crippen molar-refractivity contribution in [3.63, 3.8) is 0 Å². The standard InChI is InChI=1S/C17H27NO3/c1-4-17(2,3)12-5-7-13(8-6-12)18-11-14-9-10-15(21-14)16(19)20/h9-10,12-13,18H,4-8,11H2,1-3H3,(H,19,20). The van der Waals surface area contributed by atoms with E-state index < -0.39 is 5.97 Å². The van der Waals surface area contributed by atoms with Gasteiger partial charge in [-0.2, -0.15) is 0 Å². The molecule has 0 aliphatic heterocycles. The number of hydrogen-bond donors (Lipinski definition) is 2. The van der Waals surface area contributed by atoms with Crippen LogP contribution in [0.15, 0.2) is 16.5 Å². The molecule has 0 atom stereocenters. The van der Waals surface area contributed by atoms with E-state index >= 15 is 0 Å². The summed E-state index contributed by atoms with van der Waals surface area (Å²) in [5, 5.41) is 12.3. The van der Waals surface area contributed by atoms with Gasteiger partial charge in [-0.05, 0) is 49.1 Å². The Kier molecular flexibility index (Phi) is 5.09. The summed E-state index contributed by atoms with van der Waals surface area (Å²) in [6.07, 6.45) is 6.18. The zero-order valence-corrected chi connectivity index (χ0v) is 13.3. The number of rotatable bonds is 6. The maximum Gasteiger partial charge on any atom is 0.371 e. The zero-order valence-electron chi connectivity index (χ0n) is 13.3. The number of furan rings is 1. The predicted octanol–water partition coefficient (Wildman–Crippen LogP) is 4.06. The third-order valence-corrected chi connectivity index (χ3v) is 5.18. The molecule has 1 heterocycles. The van der Waals surface area contributed by atoms with Gasteiger partial charge in [-0.15, -0.1) is 0 Å². The Bertz CT molecular complexity index is 470. The third-order valence-electron chi connectivity index (χ3n) is 5.18. The van der Waals surface area contributed by atoms with Crippen LogP contribution >= 0.6 is 0 Å². The van der Waals surface area contributed by atoms with E-state index in [0.717, 1.165) is 5.92 Å². The fourth-order valence-corrected chi connectivity index (χ4v) is 3.20. The number of carboxylic acid groups (broad SMARTS) is 1. The first-order valence-corrected chi connectivity index (χ1v) is 7.97. The molecule has 0 radical (unpaired) electrons. The fraction of sp³-hybridized carbons (Fsp3) is 0.706. The maximum atomic E-state index is 10.8. The Balaban J connectivity index is 1.77. The van der Waals surface area contributed by atoms with Gasteiger partial charge < -0.3 is 14.8 Å². The largest absolute Gasteiger partial charge is 0.475 e. The van der Waals surface area contributed by atoms with E-state index in [1.807, 2.05) is 0 Å². The van der Waals surface area contributed by atoms with Gasteiger partial charge in [0.2, 0.25) is 5.76 Å². The molecule has 2 rings (SSSR count). The molecule has 4 nitrogen and oxygen atoms in total. The molecular weight excluding hydrogens is 266 g/mol. The number of hydrogen-bond acceptors (Lipinski definition) is 3. The second-order valence-electron chi connectivity index (χ2n) is 6.84. The Morgan fingerprint density at radius 3 is 2.52 bits per heavy atom. The second kappa shape index (κ2) is 6.65. The SMILES string of the molecule is CCC(C)(C)C1CCC(NCc2ccc(C(=O)O)o2)CC1. The lowest BCUT2D eigenvalue weighted by molar-refractivity contribution is 0.0660. The summed E-state index contributed by atoms with van der Waals surface area (Å²) in [4.78, 5) is 10.8. The van der Waals surface area contributed by atoms with Gasteiger partial charge in [0.1, 0.15) is 5.76 Å². The molecule has 0 spiro atoms. The molecule has 1 aliphatic carbocycles. The van der Waals surface area contributed by atoms with Crippen molar-refractivity contribution in [1.82, 2.24) is 5.32 Å². The van der Waals surface area contributed by atoms with Crippen LogP contribution in [0.3, 0.4) is 0 Å². The molecule has 1 aromatic heterocycles. The molecule has 21 heavy (non-hydrogen) atoms. The minimum absolute atomic E-state index is 0.0141.